The Balaban J connectivity index is 0.993. The molecule has 0 aliphatic heterocycles. The molecule has 0 fully saturated rings. The van der Waals surface area contributed by atoms with E-state index in [1.807, 2.05) is 0 Å². The molecule has 58 heavy (non-hydrogen) atoms. The van der Waals surface area contributed by atoms with Crippen molar-refractivity contribution in [1.82, 2.24) is 0 Å². The van der Waals surface area contributed by atoms with Crippen LogP contribution < -0.4 is 4.90 Å². The fourth-order valence-corrected chi connectivity index (χ4v) is 9.89. The minimum Gasteiger partial charge on any atom is -0.311 e. The zero-order valence-corrected chi connectivity index (χ0v) is 32.6. The zero-order valence-electron chi connectivity index (χ0n) is 32.6. The molecule has 0 radical (unpaired) electrons. The van der Waals surface area contributed by atoms with Crippen LogP contribution in [0.5, 0.6) is 0 Å². The Bertz CT molecular complexity index is 2810. The van der Waals surface area contributed by atoms with E-state index >= 15 is 0 Å². The maximum atomic E-state index is 2.47. The predicted octanol–water partition coefficient (Wildman–Crippen LogP) is 15.0. The van der Waals surface area contributed by atoms with Gasteiger partial charge in [-0.3, -0.25) is 0 Å². The lowest BCUT2D eigenvalue weighted by Crippen LogP contribution is -2.25. The van der Waals surface area contributed by atoms with E-state index in [9.17, 15) is 0 Å². The fraction of sp³-hybridized carbons (Fsp3) is 0.0877. The van der Waals surface area contributed by atoms with E-state index in [4.69, 9.17) is 0 Å². The third kappa shape index (κ3) is 5.45. The molecule has 0 saturated heterocycles. The number of rotatable bonds is 6. The average molecular weight is 742 g/mol. The van der Waals surface area contributed by atoms with Crippen molar-refractivity contribution in [2.75, 3.05) is 4.90 Å². The summed E-state index contributed by atoms with van der Waals surface area (Å²) in [4.78, 5) is 2.38. The van der Waals surface area contributed by atoms with Gasteiger partial charge in [0.2, 0.25) is 0 Å². The van der Waals surface area contributed by atoms with Crippen molar-refractivity contribution in [2.24, 2.45) is 5.92 Å². The van der Waals surface area contributed by atoms with Crippen molar-refractivity contribution in [2.45, 2.75) is 25.2 Å². The molecular weight excluding hydrogens is 699 g/mol. The van der Waals surface area contributed by atoms with Gasteiger partial charge in [0, 0.05) is 17.1 Å². The first-order valence-electron chi connectivity index (χ1n) is 20.6. The minimum atomic E-state index is -0.356. The summed E-state index contributed by atoms with van der Waals surface area (Å²) >= 11 is 0. The van der Waals surface area contributed by atoms with Crippen molar-refractivity contribution >= 4 is 28.2 Å². The fourth-order valence-electron chi connectivity index (χ4n) is 9.89. The highest BCUT2D eigenvalue weighted by Gasteiger charge is 2.51. The van der Waals surface area contributed by atoms with Gasteiger partial charge in [-0.1, -0.05) is 177 Å². The maximum Gasteiger partial charge on any atom is 0.0725 e. The summed E-state index contributed by atoms with van der Waals surface area (Å²) in [5.41, 5.74) is 21.4. The molecule has 0 bridgehead atoms. The van der Waals surface area contributed by atoms with Gasteiger partial charge in [0.1, 0.15) is 0 Å². The Morgan fingerprint density at radius 1 is 0.483 bits per heavy atom. The summed E-state index contributed by atoms with van der Waals surface area (Å²) in [6.07, 6.45) is 19.8. The van der Waals surface area contributed by atoms with Crippen LogP contribution in [-0.2, 0) is 5.41 Å². The lowest BCUT2D eigenvalue weighted by Gasteiger charge is -2.30. The second kappa shape index (κ2) is 13.9. The number of anilines is 3. The molecule has 7 aromatic rings. The van der Waals surface area contributed by atoms with Gasteiger partial charge >= 0.3 is 0 Å². The SMILES string of the molecule is CC1C=CC(c2ccc(N(c3ccc(C4=CC=CC=CC4)cc3)c3ccc(-c4ccc5c(c4)C4(c6ccccc6-c6ccccc64)c4ccccc4-5)cc3)cc2)=CC1. The number of benzene rings is 7. The highest BCUT2D eigenvalue weighted by molar-refractivity contribution is 5.96. The molecule has 0 amide bonds. The summed E-state index contributed by atoms with van der Waals surface area (Å²) in [6.45, 7) is 2.27. The highest BCUT2D eigenvalue weighted by atomic mass is 15.1. The first-order chi connectivity index (χ1) is 28.7. The van der Waals surface area contributed by atoms with Gasteiger partial charge in [0.05, 0.1) is 5.41 Å². The monoisotopic (exact) mass is 741 g/mol. The first kappa shape index (κ1) is 34.3. The van der Waals surface area contributed by atoms with Gasteiger partial charge in [-0.15, -0.1) is 0 Å². The van der Waals surface area contributed by atoms with E-state index in [0.717, 1.165) is 29.9 Å². The van der Waals surface area contributed by atoms with E-state index in [-0.39, 0.29) is 5.41 Å². The Kier molecular flexibility index (Phi) is 8.22. The molecule has 4 aliphatic carbocycles. The third-order valence-electron chi connectivity index (χ3n) is 12.7. The van der Waals surface area contributed by atoms with Crippen LogP contribution in [0.15, 0.2) is 212 Å². The smallest absolute Gasteiger partial charge is 0.0725 e. The van der Waals surface area contributed by atoms with Gasteiger partial charge in [-0.25, -0.2) is 0 Å². The van der Waals surface area contributed by atoms with Crippen LogP contribution in [0.1, 0.15) is 53.1 Å². The van der Waals surface area contributed by atoms with E-state index in [1.165, 1.54) is 77.9 Å². The molecule has 0 aromatic heterocycles. The Hall–Kier alpha value is -6.96. The molecule has 0 saturated carbocycles. The Morgan fingerprint density at radius 3 is 1.57 bits per heavy atom. The topological polar surface area (TPSA) is 3.24 Å². The van der Waals surface area contributed by atoms with E-state index in [1.54, 1.807) is 0 Å². The van der Waals surface area contributed by atoms with E-state index in [0.29, 0.717) is 5.92 Å². The summed E-state index contributed by atoms with van der Waals surface area (Å²) in [5.74, 6) is 0.593. The van der Waals surface area contributed by atoms with Crippen molar-refractivity contribution < 1.29 is 0 Å². The molecule has 0 heterocycles. The molecule has 1 unspecified atom stereocenters. The van der Waals surface area contributed by atoms with Crippen molar-refractivity contribution in [3.63, 3.8) is 0 Å². The third-order valence-corrected chi connectivity index (χ3v) is 12.7. The van der Waals surface area contributed by atoms with Crippen LogP contribution in [0.4, 0.5) is 17.1 Å². The average Bonchev–Trinajstić information content (AvgIpc) is 3.57. The van der Waals surface area contributed by atoms with Crippen LogP contribution in [-0.4, -0.2) is 0 Å². The van der Waals surface area contributed by atoms with Crippen LogP contribution in [0.25, 0.3) is 44.5 Å². The van der Waals surface area contributed by atoms with Crippen molar-refractivity contribution in [3.05, 3.63) is 246 Å². The van der Waals surface area contributed by atoms with Crippen molar-refractivity contribution in [3.8, 4) is 33.4 Å². The number of hydrogen-bond donors (Lipinski definition) is 0. The minimum absolute atomic E-state index is 0.356. The molecule has 1 heteroatoms. The molecule has 11 rings (SSSR count). The van der Waals surface area contributed by atoms with Gasteiger partial charge in [0.25, 0.3) is 0 Å². The summed E-state index contributed by atoms with van der Waals surface area (Å²) in [7, 11) is 0. The van der Waals surface area contributed by atoms with E-state index < -0.39 is 0 Å². The van der Waals surface area contributed by atoms with Crippen LogP contribution >= 0.6 is 0 Å². The van der Waals surface area contributed by atoms with Gasteiger partial charge in [-0.2, -0.15) is 0 Å². The molecule has 1 spiro atoms. The summed E-state index contributed by atoms with van der Waals surface area (Å²) in [6, 6.07) is 61.5. The zero-order chi connectivity index (χ0) is 38.6. The lowest BCUT2D eigenvalue weighted by molar-refractivity contribution is 0.739. The quantitative estimate of drug-likeness (QED) is 0.164. The second-order valence-corrected chi connectivity index (χ2v) is 16.1. The Morgan fingerprint density at radius 2 is 1.00 bits per heavy atom. The standard InChI is InChI=1S/C57H43N/c1-39-20-22-41(23-21-39)43-26-33-47(34-27-43)58(46-31-24-42(25-32-46)40-12-4-2-3-5-13-40)48-35-28-44(29-36-48)45-30-37-52-51-16-8-11-19-55(51)57(56(52)38-45)53-17-9-6-14-49(53)50-15-7-10-18-54(50)57/h2-12,14-20,22-39H,13,21H2,1H3. The van der Waals surface area contributed by atoms with Gasteiger partial charge in [-0.05, 0) is 139 Å². The highest BCUT2D eigenvalue weighted by Crippen LogP contribution is 2.63. The molecule has 276 valence electrons. The molecule has 4 aliphatic rings. The molecule has 0 N–H and O–H groups in total. The van der Waals surface area contributed by atoms with Crippen molar-refractivity contribution in [1.29, 1.82) is 0 Å². The molecule has 1 nitrogen and oxygen atoms in total. The number of fused-ring (bicyclic) bond motifs is 10. The summed E-state index contributed by atoms with van der Waals surface area (Å²) in [5, 5.41) is 0. The van der Waals surface area contributed by atoms with Crippen LogP contribution in [0.3, 0.4) is 0 Å². The molecule has 7 aromatic carbocycles. The maximum absolute atomic E-state index is 2.47. The first-order valence-corrected chi connectivity index (χ1v) is 20.6. The number of allylic oxidation sites excluding steroid dienone is 10. The predicted molar refractivity (Wildman–Crippen MR) is 245 cm³/mol. The van der Waals surface area contributed by atoms with Crippen LogP contribution in [0.2, 0.25) is 0 Å². The summed E-state index contributed by atoms with van der Waals surface area (Å²) < 4.78 is 0. The Labute approximate surface area is 342 Å². The molecule has 1 atom stereocenters. The normalized spacial score (nSPS) is 16.5. The van der Waals surface area contributed by atoms with E-state index in [2.05, 4.69) is 224 Å². The van der Waals surface area contributed by atoms with Gasteiger partial charge < -0.3 is 4.90 Å². The lowest BCUT2D eigenvalue weighted by atomic mass is 9.70. The molecular formula is C57H43N. The number of hydrogen-bond acceptors (Lipinski definition) is 1. The van der Waals surface area contributed by atoms with Gasteiger partial charge in [0.15, 0.2) is 0 Å². The number of nitrogens with zero attached hydrogens (tertiary/aromatic N) is 1. The second-order valence-electron chi connectivity index (χ2n) is 16.1. The largest absolute Gasteiger partial charge is 0.311 e. The van der Waals surface area contributed by atoms with Crippen LogP contribution in [0, 0.1) is 5.92 Å².